The number of thiazole rings is 1. The average molecular weight is 342 g/mol. The second-order valence-electron chi connectivity index (χ2n) is 6.72. The molecule has 2 aliphatic heterocycles. The summed E-state index contributed by atoms with van der Waals surface area (Å²) in [6.45, 7) is 4.46. The number of ether oxygens (including phenoxy) is 1. The fraction of sp³-hybridized carbons (Fsp3) is 0.474. The normalized spacial score (nSPS) is 19.9. The molecule has 24 heavy (non-hydrogen) atoms. The monoisotopic (exact) mass is 342 g/mol. The molecule has 126 valence electrons. The molecule has 1 fully saturated rings. The highest BCUT2D eigenvalue weighted by atomic mass is 32.1. The zero-order valence-electron chi connectivity index (χ0n) is 14.0. The van der Waals surface area contributed by atoms with Crippen LogP contribution < -0.4 is 4.74 Å². The van der Waals surface area contributed by atoms with E-state index in [2.05, 4.69) is 16.4 Å². The van der Waals surface area contributed by atoms with Gasteiger partial charge in [0.05, 0.1) is 18.0 Å². The van der Waals surface area contributed by atoms with Crippen molar-refractivity contribution in [2.45, 2.75) is 38.5 Å². The number of amides is 1. The number of aryl methyl sites for hydroxylation is 1. The largest absolute Gasteiger partial charge is 0.493 e. The van der Waals surface area contributed by atoms with Gasteiger partial charge in [-0.15, -0.1) is 11.3 Å². The quantitative estimate of drug-likeness (QED) is 0.859. The number of rotatable bonds is 3. The second kappa shape index (κ2) is 6.55. The van der Waals surface area contributed by atoms with Crippen molar-refractivity contribution in [2.75, 3.05) is 19.7 Å². The molecule has 0 spiro atoms. The molecule has 5 heteroatoms. The van der Waals surface area contributed by atoms with Crippen molar-refractivity contribution < 1.29 is 9.53 Å². The Morgan fingerprint density at radius 1 is 1.46 bits per heavy atom. The lowest BCUT2D eigenvalue weighted by Crippen LogP contribution is -2.39. The molecule has 0 radical (unpaired) electrons. The maximum Gasteiger partial charge on any atom is 0.227 e. The standard InChI is InChI=1S/C19H22N2O2S/c1-13-12-24-19(20-13)16-3-2-7-21(11-16)18(22)10-14-4-5-17-15(9-14)6-8-23-17/h4-5,9,12,16H,2-3,6-8,10-11H2,1H3/t16-/m0/s1. The first-order valence-corrected chi connectivity index (χ1v) is 9.51. The molecular weight excluding hydrogens is 320 g/mol. The van der Waals surface area contributed by atoms with Crippen LogP contribution in [-0.2, 0) is 17.6 Å². The summed E-state index contributed by atoms with van der Waals surface area (Å²) in [5.74, 6) is 1.60. The summed E-state index contributed by atoms with van der Waals surface area (Å²) in [5, 5.41) is 3.28. The van der Waals surface area contributed by atoms with E-state index in [0.29, 0.717) is 12.3 Å². The van der Waals surface area contributed by atoms with Crippen LogP contribution in [0, 0.1) is 6.92 Å². The molecule has 0 N–H and O–H groups in total. The maximum atomic E-state index is 12.7. The van der Waals surface area contributed by atoms with Crippen LogP contribution in [0.25, 0.3) is 0 Å². The highest BCUT2D eigenvalue weighted by Crippen LogP contribution is 2.30. The van der Waals surface area contributed by atoms with Gasteiger partial charge < -0.3 is 9.64 Å². The van der Waals surface area contributed by atoms with Gasteiger partial charge in [0.1, 0.15) is 5.75 Å². The molecule has 1 aromatic heterocycles. The van der Waals surface area contributed by atoms with Gasteiger partial charge in [0, 0.05) is 36.5 Å². The fourth-order valence-electron chi connectivity index (χ4n) is 3.60. The number of likely N-dealkylation sites (tertiary alicyclic amines) is 1. The van der Waals surface area contributed by atoms with Crippen molar-refractivity contribution in [3.63, 3.8) is 0 Å². The SMILES string of the molecule is Cc1csc([C@H]2CCCN(C(=O)Cc3ccc4c(c3)CCO4)C2)n1. The molecule has 1 amide bonds. The second-order valence-corrected chi connectivity index (χ2v) is 7.61. The van der Waals surface area contributed by atoms with E-state index < -0.39 is 0 Å². The van der Waals surface area contributed by atoms with Gasteiger partial charge in [-0.3, -0.25) is 4.79 Å². The Morgan fingerprint density at radius 3 is 3.21 bits per heavy atom. The average Bonchev–Trinajstić information content (AvgIpc) is 3.23. The molecule has 0 bridgehead atoms. The molecule has 4 rings (SSSR count). The smallest absolute Gasteiger partial charge is 0.227 e. The lowest BCUT2D eigenvalue weighted by atomic mass is 9.97. The van der Waals surface area contributed by atoms with Gasteiger partial charge in [0.15, 0.2) is 0 Å². The van der Waals surface area contributed by atoms with Crippen LogP contribution in [0.2, 0.25) is 0 Å². The zero-order chi connectivity index (χ0) is 16.5. The highest BCUT2D eigenvalue weighted by Gasteiger charge is 2.26. The molecule has 1 aromatic carbocycles. The summed E-state index contributed by atoms with van der Waals surface area (Å²) in [6, 6.07) is 6.15. The van der Waals surface area contributed by atoms with Crippen LogP contribution in [-0.4, -0.2) is 35.5 Å². The fourth-order valence-corrected chi connectivity index (χ4v) is 4.53. The minimum atomic E-state index is 0.229. The van der Waals surface area contributed by atoms with E-state index in [1.54, 1.807) is 11.3 Å². The molecule has 0 saturated carbocycles. The van der Waals surface area contributed by atoms with Crippen LogP contribution >= 0.6 is 11.3 Å². The summed E-state index contributed by atoms with van der Waals surface area (Å²) in [4.78, 5) is 19.4. The third-order valence-electron chi connectivity index (χ3n) is 4.87. The van der Waals surface area contributed by atoms with Gasteiger partial charge in [0.2, 0.25) is 5.91 Å². The van der Waals surface area contributed by atoms with Crippen molar-refractivity contribution in [1.29, 1.82) is 0 Å². The minimum absolute atomic E-state index is 0.229. The topological polar surface area (TPSA) is 42.4 Å². The lowest BCUT2D eigenvalue weighted by molar-refractivity contribution is -0.131. The van der Waals surface area contributed by atoms with Gasteiger partial charge in [0.25, 0.3) is 0 Å². The number of hydrogen-bond donors (Lipinski definition) is 0. The van der Waals surface area contributed by atoms with Gasteiger partial charge in [-0.2, -0.15) is 0 Å². The first-order chi connectivity index (χ1) is 11.7. The van der Waals surface area contributed by atoms with E-state index in [1.165, 1.54) is 10.6 Å². The predicted molar refractivity (Wildman–Crippen MR) is 94.8 cm³/mol. The Kier molecular flexibility index (Phi) is 4.27. The Morgan fingerprint density at radius 2 is 2.38 bits per heavy atom. The molecule has 3 heterocycles. The lowest BCUT2D eigenvalue weighted by Gasteiger charge is -2.32. The summed E-state index contributed by atoms with van der Waals surface area (Å²) >= 11 is 1.72. The van der Waals surface area contributed by atoms with Gasteiger partial charge in [-0.1, -0.05) is 12.1 Å². The Balaban J connectivity index is 1.42. The summed E-state index contributed by atoms with van der Waals surface area (Å²) in [7, 11) is 0. The molecule has 4 nitrogen and oxygen atoms in total. The first-order valence-electron chi connectivity index (χ1n) is 8.63. The first kappa shape index (κ1) is 15.6. The summed E-state index contributed by atoms with van der Waals surface area (Å²) in [6.07, 6.45) is 3.63. The number of carbonyl (C=O) groups is 1. The Labute approximate surface area is 146 Å². The van der Waals surface area contributed by atoms with Crippen LogP contribution in [0.4, 0.5) is 0 Å². The number of hydrogen-bond acceptors (Lipinski definition) is 4. The van der Waals surface area contributed by atoms with E-state index in [1.807, 2.05) is 24.0 Å². The maximum absolute atomic E-state index is 12.7. The molecular formula is C19H22N2O2S. The number of fused-ring (bicyclic) bond motifs is 1. The molecule has 2 aromatic rings. The zero-order valence-corrected chi connectivity index (χ0v) is 14.8. The van der Waals surface area contributed by atoms with E-state index in [9.17, 15) is 4.79 Å². The van der Waals surface area contributed by atoms with Crippen molar-refractivity contribution >= 4 is 17.2 Å². The Hall–Kier alpha value is -1.88. The minimum Gasteiger partial charge on any atom is -0.493 e. The van der Waals surface area contributed by atoms with Crippen LogP contribution in [0.1, 0.15) is 40.6 Å². The molecule has 2 aliphatic rings. The van der Waals surface area contributed by atoms with Crippen molar-refractivity contribution in [3.05, 3.63) is 45.4 Å². The summed E-state index contributed by atoms with van der Waals surface area (Å²) in [5.41, 5.74) is 3.41. The van der Waals surface area contributed by atoms with Crippen LogP contribution in [0.3, 0.4) is 0 Å². The van der Waals surface area contributed by atoms with E-state index in [4.69, 9.17) is 4.74 Å². The van der Waals surface area contributed by atoms with Crippen LogP contribution in [0.15, 0.2) is 23.6 Å². The number of carbonyl (C=O) groups excluding carboxylic acids is 1. The number of aromatic nitrogens is 1. The number of benzene rings is 1. The number of nitrogens with zero attached hydrogens (tertiary/aromatic N) is 2. The van der Waals surface area contributed by atoms with Crippen molar-refractivity contribution in [2.24, 2.45) is 0 Å². The van der Waals surface area contributed by atoms with Gasteiger partial charge >= 0.3 is 0 Å². The molecule has 1 saturated heterocycles. The van der Waals surface area contributed by atoms with Crippen molar-refractivity contribution in [1.82, 2.24) is 9.88 Å². The van der Waals surface area contributed by atoms with E-state index >= 15 is 0 Å². The molecule has 0 unspecified atom stereocenters. The molecule has 1 atom stereocenters. The highest BCUT2D eigenvalue weighted by molar-refractivity contribution is 7.09. The third-order valence-corrected chi connectivity index (χ3v) is 5.99. The number of piperidine rings is 1. The summed E-state index contributed by atoms with van der Waals surface area (Å²) < 4.78 is 5.54. The Bertz CT molecular complexity index is 756. The van der Waals surface area contributed by atoms with Gasteiger partial charge in [-0.25, -0.2) is 4.98 Å². The van der Waals surface area contributed by atoms with Crippen LogP contribution in [0.5, 0.6) is 5.75 Å². The van der Waals surface area contributed by atoms with E-state index in [0.717, 1.165) is 56.0 Å². The third kappa shape index (κ3) is 3.18. The predicted octanol–water partition coefficient (Wildman–Crippen LogP) is 3.34. The van der Waals surface area contributed by atoms with E-state index in [-0.39, 0.29) is 5.91 Å². The molecule has 0 aliphatic carbocycles. The van der Waals surface area contributed by atoms with Crippen molar-refractivity contribution in [3.8, 4) is 5.75 Å². The van der Waals surface area contributed by atoms with Gasteiger partial charge in [-0.05, 0) is 37.0 Å².